The normalized spacial score (nSPS) is 19.9. The van der Waals surface area contributed by atoms with Crippen molar-refractivity contribution in [2.45, 2.75) is 12.7 Å². The number of carbonyl (C=O) groups excluding carboxylic acids is 1. The number of ether oxygens (including phenoxy) is 2. The third-order valence-corrected chi connectivity index (χ3v) is 2.74. The standard InChI is InChI=1S/C12H14ClNO3/c13-10-3-1-9(2-4-10)8-17-12(15)11-7-14-5-6-16-11/h1-4,11,14H,5-8H2. The Morgan fingerprint density at radius 2 is 2.24 bits per heavy atom. The van der Waals surface area contributed by atoms with E-state index in [1.807, 2.05) is 12.1 Å². The highest BCUT2D eigenvalue weighted by Gasteiger charge is 2.22. The van der Waals surface area contributed by atoms with E-state index in [1.165, 1.54) is 0 Å². The molecule has 0 saturated carbocycles. The molecule has 1 saturated heterocycles. The van der Waals surface area contributed by atoms with Crippen molar-refractivity contribution in [3.8, 4) is 0 Å². The minimum atomic E-state index is -0.490. The maximum absolute atomic E-state index is 11.6. The van der Waals surface area contributed by atoms with Gasteiger partial charge < -0.3 is 14.8 Å². The van der Waals surface area contributed by atoms with Gasteiger partial charge in [0, 0.05) is 18.1 Å². The lowest BCUT2D eigenvalue weighted by atomic mass is 10.2. The lowest BCUT2D eigenvalue weighted by molar-refractivity contribution is -0.160. The summed E-state index contributed by atoms with van der Waals surface area (Å²) in [5.41, 5.74) is 0.909. The van der Waals surface area contributed by atoms with Crippen LogP contribution >= 0.6 is 11.6 Å². The Morgan fingerprint density at radius 3 is 2.88 bits per heavy atom. The van der Waals surface area contributed by atoms with E-state index in [2.05, 4.69) is 5.32 Å². The fourth-order valence-corrected chi connectivity index (χ4v) is 1.67. The third-order valence-electron chi connectivity index (χ3n) is 2.48. The molecule has 1 unspecified atom stereocenters. The van der Waals surface area contributed by atoms with Gasteiger partial charge in [0.05, 0.1) is 6.61 Å². The van der Waals surface area contributed by atoms with E-state index in [0.717, 1.165) is 12.1 Å². The number of esters is 1. The Morgan fingerprint density at radius 1 is 1.47 bits per heavy atom. The largest absolute Gasteiger partial charge is 0.459 e. The SMILES string of the molecule is O=C(OCc1ccc(Cl)cc1)C1CNCCO1. The van der Waals surface area contributed by atoms with Crippen molar-refractivity contribution in [3.05, 3.63) is 34.9 Å². The Balaban J connectivity index is 1.81. The second kappa shape index (κ2) is 6.00. The molecular weight excluding hydrogens is 242 g/mol. The molecule has 1 aliphatic heterocycles. The lowest BCUT2D eigenvalue weighted by Crippen LogP contribution is -2.43. The fraction of sp³-hybridized carbons (Fsp3) is 0.417. The second-order valence-electron chi connectivity index (χ2n) is 3.80. The van der Waals surface area contributed by atoms with E-state index >= 15 is 0 Å². The van der Waals surface area contributed by atoms with Crippen LogP contribution in [-0.4, -0.2) is 31.8 Å². The number of halogens is 1. The highest BCUT2D eigenvalue weighted by molar-refractivity contribution is 6.30. The van der Waals surface area contributed by atoms with Crippen LogP contribution in [-0.2, 0) is 20.9 Å². The van der Waals surface area contributed by atoms with Crippen molar-refractivity contribution < 1.29 is 14.3 Å². The monoisotopic (exact) mass is 255 g/mol. The van der Waals surface area contributed by atoms with Gasteiger partial charge in [-0.1, -0.05) is 23.7 Å². The van der Waals surface area contributed by atoms with Gasteiger partial charge in [0.2, 0.25) is 0 Å². The minimum Gasteiger partial charge on any atom is -0.459 e. The quantitative estimate of drug-likeness (QED) is 0.829. The number of nitrogens with one attached hydrogen (secondary N) is 1. The number of carbonyl (C=O) groups is 1. The first-order chi connectivity index (χ1) is 8.25. The summed E-state index contributed by atoms with van der Waals surface area (Å²) in [5, 5.41) is 3.74. The summed E-state index contributed by atoms with van der Waals surface area (Å²) in [4.78, 5) is 11.6. The van der Waals surface area contributed by atoms with Crippen molar-refractivity contribution in [1.82, 2.24) is 5.32 Å². The molecule has 5 heteroatoms. The van der Waals surface area contributed by atoms with Crippen LogP contribution in [0.3, 0.4) is 0 Å². The number of rotatable bonds is 3. The zero-order chi connectivity index (χ0) is 12.1. The van der Waals surface area contributed by atoms with E-state index < -0.39 is 6.10 Å². The first-order valence-electron chi connectivity index (χ1n) is 5.49. The molecule has 0 aromatic heterocycles. The average Bonchev–Trinajstić information content (AvgIpc) is 2.39. The molecule has 0 aliphatic carbocycles. The van der Waals surface area contributed by atoms with Gasteiger partial charge in [0.15, 0.2) is 6.10 Å². The van der Waals surface area contributed by atoms with E-state index in [9.17, 15) is 4.79 Å². The molecule has 92 valence electrons. The molecule has 1 heterocycles. The van der Waals surface area contributed by atoms with Crippen LogP contribution in [0, 0.1) is 0 Å². The van der Waals surface area contributed by atoms with Crippen LogP contribution in [0.15, 0.2) is 24.3 Å². The molecule has 0 spiro atoms. The lowest BCUT2D eigenvalue weighted by Gasteiger charge is -2.21. The van der Waals surface area contributed by atoms with Crippen molar-refractivity contribution in [3.63, 3.8) is 0 Å². The summed E-state index contributed by atoms with van der Waals surface area (Å²) in [6.07, 6.45) is -0.490. The molecule has 1 aromatic carbocycles. The summed E-state index contributed by atoms with van der Waals surface area (Å²) >= 11 is 5.76. The Bertz CT molecular complexity index is 374. The predicted molar refractivity (Wildman–Crippen MR) is 63.9 cm³/mol. The van der Waals surface area contributed by atoms with Crippen LogP contribution in [0.4, 0.5) is 0 Å². The van der Waals surface area contributed by atoms with Crippen molar-refractivity contribution >= 4 is 17.6 Å². The van der Waals surface area contributed by atoms with Crippen molar-refractivity contribution in [2.24, 2.45) is 0 Å². The maximum atomic E-state index is 11.6. The Labute approximate surface area is 105 Å². The topological polar surface area (TPSA) is 47.6 Å². The summed E-state index contributed by atoms with van der Waals surface area (Å²) in [6.45, 7) is 2.08. The molecule has 1 aromatic rings. The zero-order valence-electron chi connectivity index (χ0n) is 9.32. The van der Waals surface area contributed by atoms with Gasteiger partial charge in [0.1, 0.15) is 6.61 Å². The fourth-order valence-electron chi connectivity index (χ4n) is 1.54. The third kappa shape index (κ3) is 3.70. The summed E-state index contributed by atoms with van der Waals surface area (Å²) in [7, 11) is 0. The molecule has 1 atom stereocenters. The van der Waals surface area contributed by atoms with E-state index in [1.54, 1.807) is 12.1 Å². The molecular formula is C12H14ClNO3. The molecule has 0 bridgehead atoms. The van der Waals surface area contributed by atoms with Gasteiger partial charge in [-0.3, -0.25) is 0 Å². The van der Waals surface area contributed by atoms with E-state index in [4.69, 9.17) is 21.1 Å². The highest BCUT2D eigenvalue weighted by Crippen LogP contribution is 2.11. The number of hydrogen-bond acceptors (Lipinski definition) is 4. The summed E-state index contributed by atoms with van der Waals surface area (Å²) in [6, 6.07) is 7.19. The molecule has 2 rings (SSSR count). The first-order valence-corrected chi connectivity index (χ1v) is 5.87. The molecule has 0 amide bonds. The van der Waals surface area contributed by atoms with Gasteiger partial charge in [0.25, 0.3) is 0 Å². The Kier molecular flexibility index (Phi) is 4.36. The second-order valence-corrected chi connectivity index (χ2v) is 4.23. The smallest absolute Gasteiger partial charge is 0.336 e. The molecule has 1 fully saturated rings. The minimum absolute atomic E-state index is 0.246. The molecule has 1 aliphatic rings. The van der Waals surface area contributed by atoms with E-state index in [-0.39, 0.29) is 12.6 Å². The van der Waals surface area contributed by atoms with Crippen LogP contribution < -0.4 is 5.32 Å². The molecule has 0 radical (unpaired) electrons. The van der Waals surface area contributed by atoms with Gasteiger partial charge in [-0.2, -0.15) is 0 Å². The Hall–Kier alpha value is -1.10. The molecule has 4 nitrogen and oxygen atoms in total. The van der Waals surface area contributed by atoms with Crippen LogP contribution in [0.2, 0.25) is 5.02 Å². The van der Waals surface area contributed by atoms with E-state index in [0.29, 0.717) is 18.2 Å². The van der Waals surface area contributed by atoms with Gasteiger partial charge in [-0.25, -0.2) is 4.79 Å². The number of hydrogen-bond donors (Lipinski definition) is 1. The predicted octanol–water partition coefficient (Wildman–Crippen LogP) is 1.37. The van der Waals surface area contributed by atoms with Crippen molar-refractivity contribution in [1.29, 1.82) is 0 Å². The summed E-state index contributed by atoms with van der Waals surface area (Å²) < 4.78 is 10.4. The van der Waals surface area contributed by atoms with Crippen LogP contribution in [0.1, 0.15) is 5.56 Å². The van der Waals surface area contributed by atoms with Crippen LogP contribution in [0.25, 0.3) is 0 Å². The number of benzene rings is 1. The first kappa shape index (κ1) is 12.4. The van der Waals surface area contributed by atoms with Gasteiger partial charge >= 0.3 is 5.97 Å². The number of morpholine rings is 1. The zero-order valence-corrected chi connectivity index (χ0v) is 10.1. The summed E-state index contributed by atoms with van der Waals surface area (Å²) in [5.74, 6) is -0.327. The molecule has 1 N–H and O–H groups in total. The highest BCUT2D eigenvalue weighted by atomic mass is 35.5. The van der Waals surface area contributed by atoms with Crippen LogP contribution in [0.5, 0.6) is 0 Å². The van der Waals surface area contributed by atoms with Gasteiger partial charge in [-0.05, 0) is 17.7 Å². The maximum Gasteiger partial charge on any atom is 0.336 e. The molecule has 17 heavy (non-hydrogen) atoms. The van der Waals surface area contributed by atoms with Gasteiger partial charge in [-0.15, -0.1) is 0 Å². The van der Waals surface area contributed by atoms with Crippen molar-refractivity contribution in [2.75, 3.05) is 19.7 Å². The average molecular weight is 256 g/mol.